The van der Waals surface area contributed by atoms with Crippen molar-refractivity contribution >= 4 is 17.8 Å². The van der Waals surface area contributed by atoms with Crippen LogP contribution in [0.25, 0.3) is 0 Å². The summed E-state index contributed by atoms with van der Waals surface area (Å²) >= 11 is 0. The van der Waals surface area contributed by atoms with Crippen molar-refractivity contribution in [1.29, 1.82) is 0 Å². The van der Waals surface area contributed by atoms with Crippen molar-refractivity contribution in [2.24, 2.45) is 23.2 Å². The lowest BCUT2D eigenvalue weighted by Crippen LogP contribution is -2.70. The van der Waals surface area contributed by atoms with Crippen LogP contribution in [-0.4, -0.2) is 45.6 Å². The summed E-state index contributed by atoms with van der Waals surface area (Å²) in [5.74, 6) is -1.09. The number of hydrogen-bond acceptors (Lipinski definition) is 4. The van der Waals surface area contributed by atoms with E-state index in [1.807, 2.05) is 12.2 Å². The number of alkyl halides is 3. The van der Waals surface area contributed by atoms with Gasteiger partial charge in [-0.2, -0.15) is 13.2 Å². The Morgan fingerprint density at radius 3 is 2.30 bits per heavy atom. The fraction of sp³-hybridized carbons (Fsp3) is 0.652. The number of urea groups is 1. The van der Waals surface area contributed by atoms with Crippen LogP contribution in [0.5, 0.6) is 0 Å². The largest absolute Gasteiger partial charge is 0.440 e. The average molecular weight is 464 g/mol. The number of nitrogens with one attached hydrogen (secondary N) is 2. The summed E-state index contributed by atoms with van der Waals surface area (Å²) in [7, 11) is 0. The van der Waals surface area contributed by atoms with Gasteiger partial charge in [0.15, 0.2) is 0 Å². The van der Waals surface area contributed by atoms with Gasteiger partial charge in [-0.05, 0) is 80.2 Å². The maximum absolute atomic E-state index is 14.3. The molecule has 0 aromatic carbocycles. The van der Waals surface area contributed by atoms with Crippen LogP contribution in [0.1, 0.15) is 62.2 Å². The number of pyridine rings is 1. The number of carbonyl (C=O) groups is 3. The van der Waals surface area contributed by atoms with Gasteiger partial charge in [-0.15, -0.1) is 0 Å². The number of amides is 4. The van der Waals surface area contributed by atoms with Crippen LogP contribution in [0.3, 0.4) is 0 Å². The number of aromatic nitrogens is 1. The molecule has 1 saturated heterocycles. The second kappa shape index (κ2) is 7.43. The molecule has 4 bridgehead atoms. The maximum Gasteiger partial charge on any atom is 0.440 e. The van der Waals surface area contributed by atoms with E-state index in [4.69, 9.17) is 0 Å². The van der Waals surface area contributed by atoms with Gasteiger partial charge in [0.25, 0.3) is 17.5 Å². The predicted octanol–water partition coefficient (Wildman–Crippen LogP) is 3.62. The molecule has 178 valence electrons. The van der Waals surface area contributed by atoms with Gasteiger partial charge >= 0.3 is 12.2 Å². The fourth-order valence-corrected chi connectivity index (χ4v) is 7.39. The Balaban J connectivity index is 1.49. The van der Waals surface area contributed by atoms with Crippen LogP contribution in [0.15, 0.2) is 24.5 Å². The molecular weight excluding hydrogens is 437 g/mol. The van der Waals surface area contributed by atoms with E-state index < -0.39 is 35.7 Å². The van der Waals surface area contributed by atoms with Crippen LogP contribution in [0, 0.1) is 23.2 Å². The first-order valence-electron chi connectivity index (χ1n) is 11.5. The molecule has 4 aliphatic carbocycles. The number of nitrogens with zero attached hydrogens (tertiary/aromatic N) is 2. The Kier molecular flexibility index (Phi) is 4.99. The van der Waals surface area contributed by atoms with Crippen molar-refractivity contribution in [3.05, 3.63) is 30.1 Å². The lowest BCUT2D eigenvalue weighted by Gasteiger charge is -2.60. The van der Waals surface area contributed by atoms with E-state index in [-0.39, 0.29) is 11.0 Å². The van der Waals surface area contributed by atoms with E-state index in [1.54, 1.807) is 5.32 Å². The van der Waals surface area contributed by atoms with Crippen LogP contribution >= 0.6 is 0 Å². The van der Waals surface area contributed by atoms with Crippen LogP contribution in [-0.2, 0) is 4.79 Å². The van der Waals surface area contributed by atoms with Crippen molar-refractivity contribution < 1.29 is 27.6 Å². The van der Waals surface area contributed by atoms with Crippen LogP contribution in [0.4, 0.5) is 18.0 Å². The molecule has 0 radical (unpaired) electrons. The van der Waals surface area contributed by atoms with Crippen molar-refractivity contribution in [1.82, 2.24) is 20.5 Å². The quantitative estimate of drug-likeness (QED) is 0.652. The number of rotatable bonds is 5. The highest BCUT2D eigenvalue weighted by atomic mass is 19.4. The highest BCUT2D eigenvalue weighted by Crippen LogP contribution is 2.62. The topological polar surface area (TPSA) is 91.4 Å². The van der Waals surface area contributed by atoms with Crippen molar-refractivity contribution in [2.45, 2.75) is 69.8 Å². The van der Waals surface area contributed by atoms with Gasteiger partial charge in [0, 0.05) is 18.4 Å². The van der Waals surface area contributed by atoms with Crippen molar-refractivity contribution in [3.63, 3.8) is 0 Å². The van der Waals surface area contributed by atoms with Crippen LogP contribution in [0.2, 0.25) is 0 Å². The Morgan fingerprint density at radius 2 is 1.82 bits per heavy atom. The molecule has 1 aromatic heterocycles. The normalized spacial score (nSPS) is 36.1. The number of hydrogen-bond donors (Lipinski definition) is 2. The van der Waals surface area contributed by atoms with E-state index in [0.29, 0.717) is 24.2 Å². The van der Waals surface area contributed by atoms with Crippen LogP contribution < -0.4 is 10.6 Å². The van der Waals surface area contributed by atoms with E-state index >= 15 is 0 Å². The van der Waals surface area contributed by atoms with Gasteiger partial charge in [0.05, 0.1) is 5.56 Å². The van der Waals surface area contributed by atoms with Crippen molar-refractivity contribution in [2.75, 3.05) is 0 Å². The third kappa shape index (κ3) is 3.32. The molecule has 7 nitrogen and oxygen atoms in total. The maximum atomic E-state index is 14.3. The predicted molar refractivity (Wildman–Crippen MR) is 111 cm³/mol. The summed E-state index contributed by atoms with van der Waals surface area (Å²) in [4.78, 5) is 43.5. The second-order valence-corrected chi connectivity index (χ2v) is 10.3. The second-order valence-electron chi connectivity index (χ2n) is 10.3. The Bertz CT molecular complexity index is 948. The van der Waals surface area contributed by atoms with Gasteiger partial charge in [0.1, 0.15) is 0 Å². The minimum absolute atomic E-state index is 0.144. The lowest BCUT2D eigenvalue weighted by molar-refractivity contribution is -0.202. The third-order valence-corrected chi connectivity index (χ3v) is 8.19. The highest BCUT2D eigenvalue weighted by Gasteiger charge is 2.71. The zero-order valence-electron chi connectivity index (χ0n) is 18.3. The molecule has 6 rings (SSSR count). The molecule has 4 amide bonds. The number of carbonyl (C=O) groups excluding carboxylic acids is 3. The molecular formula is C23H27F3N4O3. The summed E-state index contributed by atoms with van der Waals surface area (Å²) in [6, 6.07) is 0.941. The summed E-state index contributed by atoms with van der Waals surface area (Å²) < 4.78 is 43.0. The third-order valence-electron chi connectivity index (χ3n) is 8.19. The summed E-state index contributed by atoms with van der Waals surface area (Å²) in [5, 5.41) is 3.60. The Labute approximate surface area is 189 Å². The first-order chi connectivity index (χ1) is 15.6. The lowest BCUT2D eigenvalue weighted by atomic mass is 9.47. The molecule has 1 aliphatic heterocycles. The van der Waals surface area contributed by atoms with Gasteiger partial charge in [-0.1, -0.05) is 6.92 Å². The van der Waals surface area contributed by atoms with Gasteiger partial charge in [-0.25, -0.2) is 4.79 Å². The molecule has 4 saturated carbocycles. The molecule has 5 fully saturated rings. The summed E-state index contributed by atoms with van der Waals surface area (Å²) in [6.45, 7) is 1.81. The van der Waals surface area contributed by atoms with E-state index in [1.165, 1.54) is 18.3 Å². The molecule has 0 spiro atoms. The number of imide groups is 1. The Hall–Kier alpha value is -2.65. The standard InChI is InChI=1S/C23H27F3N4O3/c1-2-17(21-9-13-6-14(10-21)8-15(7-13)11-21)30-19(32)22(23(24,25)26,29-20(30)33)28-18(31)16-4-3-5-27-12-16/h3-5,12-15,17H,2,6-11H2,1H3,(H,28,31)(H,29,33)/t13?,14?,15?,17-,21?,22-/m0/s1. The zero-order chi connectivity index (χ0) is 23.6. The number of halogens is 3. The summed E-state index contributed by atoms with van der Waals surface area (Å²) in [6.07, 6.45) is 3.49. The molecule has 2 heterocycles. The minimum atomic E-state index is -5.23. The Morgan fingerprint density at radius 1 is 1.21 bits per heavy atom. The average Bonchev–Trinajstić information content (AvgIpc) is 2.99. The highest BCUT2D eigenvalue weighted by molar-refractivity contribution is 6.10. The van der Waals surface area contributed by atoms with Gasteiger partial charge in [0.2, 0.25) is 0 Å². The van der Waals surface area contributed by atoms with E-state index in [0.717, 1.165) is 49.6 Å². The minimum Gasteiger partial charge on any atom is -0.314 e. The smallest absolute Gasteiger partial charge is 0.314 e. The van der Waals surface area contributed by atoms with Gasteiger partial charge < -0.3 is 5.32 Å². The SMILES string of the molecule is CC[C@H](N1C(=O)N[C@](NC(=O)c2cccnc2)(C(F)(F)F)C1=O)C12CC3CC(CC(C3)C1)C2. The molecule has 5 aliphatic rings. The van der Waals surface area contributed by atoms with Gasteiger partial charge in [-0.3, -0.25) is 24.8 Å². The van der Waals surface area contributed by atoms with E-state index in [9.17, 15) is 27.6 Å². The molecule has 1 aromatic rings. The zero-order valence-corrected chi connectivity index (χ0v) is 18.3. The molecule has 33 heavy (non-hydrogen) atoms. The monoisotopic (exact) mass is 464 g/mol. The fourth-order valence-electron chi connectivity index (χ4n) is 7.39. The van der Waals surface area contributed by atoms with Crippen molar-refractivity contribution in [3.8, 4) is 0 Å². The summed E-state index contributed by atoms with van der Waals surface area (Å²) in [5.41, 5.74) is -4.01. The molecule has 10 heteroatoms. The van der Waals surface area contributed by atoms with E-state index in [2.05, 4.69) is 4.98 Å². The molecule has 2 N–H and O–H groups in total. The first-order valence-corrected chi connectivity index (χ1v) is 11.5. The molecule has 0 unspecified atom stereocenters. The molecule has 2 atom stereocenters. The first kappa shape index (κ1) is 22.2.